The monoisotopic (exact) mass is 331 g/mol. The largest absolute Gasteiger partial charge is 0.496 e. The average Bonchev–Trinajstić information content (AvgIpc) is 2.59. The van der Waals surface area contributed by atoms with Crippen molar-refractivity contribution in [2.75, 3.05) is 25.5 Å². The molecule has 3 rings (SSSR count). The minimum absolute atomic E-state index is 0.510. The summed E-state index contributed by atoms with van der Waals surface area (Å²) in [6.45, 7) is 3.36. The van der Waals surface area contributed by atoms with Crippen LogP contribution in [0.2, 0.25) is 5.02 Å². The number of likely N-dealkylation sites (tertiary alicyclic amines) is 1. The Kier molecular flexibility index (Phi) is 5.42. The third-order valence-electron chi connectivity index (χ3n) is 4.56. The highest BCUT2D eigenvalue weighted by molar-refractivity contribution is 6.33. The summed E-state index contributed by atoms with van der Waals surface area (Å²) in [5.74, 6) is 0.997. The minimum Gasteiger partial charge on any atom is -0.496 e. The van der Waals surface area contributed by atoms with Crippen molar-refractivity contribution in [2.45, 2.75) is 25.4 Å². The molecule has 1 saturated heterocycles. The van der Waals surface area contributed by atoms with Crippen molar-refractivity contribution in [2.24, 2.45) is 0 Å². The normalized spacial score (nSPS) is 21.0. The Labute approximate surface area is 143 Å². The molecule has 0 aliphatic carbocycles. The minimum atomic E-state index is 0.510. The average molecular weight is 332 g/mol. The Morgan fingerprint density at radius 1 is 1.09 bits per heavy atom. The number of nitrogens with one attached hydrogen (secondary N) is 2. The molecule has 1 fully saturated rings. The summed E-state index contributed by atoms with van der Waals surface area (Å²) in [6.07, 6.45) is 2.32. The first-order valence-corrected chi connectivity index (χ1v) is 8.60. The highest BCUT2D eigenvalue weighted by Crippen LogP contribution is 2.23. The summed E-state index contributed by atoms with van der Waals surface area (Å²) in [7, 11) is 1.74. The van der Waals surface area contributed by atoms with Crippen LogP contribution < -0.4 is 15.0 Å². The van der Waals surface area contributed by atoms with Crippen LogP contribution in [0, 0.1) is 0 Å². The number of hydrogen-bond acceptors (Lipinski definition) is 2. The first-order chi connectivity index (χ1) is 11.3. The first-order valence-electron chi connectivity index (χ1n) is 8.23. The maximum Gasteiger partial charge on any atom is 0.127 e. The highest BCUT2D eigenvalue weighted by atomic mass is 35.5. The molecule has 0 unspecified atom stereocenters. The molecular formula is C19H24ClN2O+. The van der Waals surface area contributed by atoms with E-state index in [-0.39, 0.29) is 0 Å². The number of anilines is 1. The maximum absolute atomic E-state index is 6.23. The molecule has 0 bridgehead atoms. The standard InChI is InChI=1S/C19H23ClN2O/c1-23-19-9-5-2-6-15(19)14-22-12-10-16(11-13-22)21-18-8-4-3-7-17(18)20/h2-9,16,21H,10-14H2,1H3/p+1. The second-order valence-electron chi connectivity index (χ2n) is 6.14. The molecule has 0 aromatic heterocycles. The molecule has 0 atom stereocenters. The van der Waals surface area contributed by atoms with E-state index in [0.29, 0.717) is 6.04 Å². The Morgan fingerprint density at radius 3 is 2.52 bits per heavy atom. The van der Waals surface area contributed by atoms with E-state index in [1.54, 1.807) is 12.0 Å². The molecule has 0 amide bonds. The van der Waals surface area contributed by atoms with Crippen LogP contribution >= 0.6 is 11.6 Å². The van der Waals surface area contributed by atoms with Crippen LogP contribution in [-0.2, 0) is 6.54 Å². The van der Waals surface area contributed by atoms with Crippen LogP contribution in [0.5, 0.6) is 5.75 Å². The third kappa shape index (κ3) is 4.18. The third-order valence-corrected chi connectivity index (χ3v) is 4.89. The Balaban J connectivity index is 1.53. The predicted molar refractivity (Wildman–Crippen MR) is 95.5 cm³/mol. The van der Waals surface area contributed by atoms with Gasteiger partial charge in [0.15, 0.2) is 0 Å². The topological polar surface area (TPSA) is 25.7 Å². The fourth-order valence-corrected chi connectivity index (χ4v) is 3.45. The number of methoxy groups -OCH3 is 1. The molecule has 1 aliphatic rings. The zero-order chi connectivity index (χ0) is 16.1. The van der Waals surface area contributed by atoms with Gasteiger partial charge in [0.2, 0.25) is 0 Å². The molecule has 2 aromatic carbocycles. The van der Waals surface area contributed by atoms with Crippen LogP contribution in [0.1, 0.15) is 18.4 Å². The van der Waals surface area contributed by atoms with E-state index in [4.69, 9.17) is 16.3 Å². The van der Waals surface area contributed by atoms with Gasteiger partial charge in [-0.25, -0.2) is 0 Å². The predicted octanol–water partition coefficient (Wildman–Crippen LogP) is 3.01. The van der Waals surface area contributed by atoms with Gasteiger partial charge in [0.05, 0.1) is 30.9 Å². The number of benzene rings is 2. The Morgan fingerprint density at radius 2 is 1.78 bits per heavy atom. The highest BCUT2D eigenvalue weighted by Gasteiger charge is 2.23. The molecule has 2 N–H and O–H groups in total. The molecule has 3 nitrogen and oxygen atoms in total. The van der Waals surface area contributed by atoms with Gasteiger partial charge >= 0.3 is 0 Å². The number of hydrogen-bond donors (Lipinski definition) is 2. The molecule has 1 aliphatic heterocycles. The quantitative estimate of drug-likeness (QED) is 0.880. The molecule has 1 heterocycles. The van der Waals surface area contributed by atoms with E-state index >= 15 is 0 Å². The molecule has 4 heteroatoms. The molecule has 0 radical (unpaired) electrons. The van der Waals surface area contributed by atoms with Crippen molar-refractivity contribution in [3.63, 3.8) is 0 Å². The Bertz CT molecular complexity index is 639. The molecule has 2 aromatic rings. The molecule has 23 heavy (non-hydrogen) atoms. The smallest absolute Gasteiger partial charge is 0.127 e. The summed E-state index contributed by atoms with van der Waals surface area (Å²) in [5.41, 5.74) is 2.34. The summed E-state index contributed by atoms with van der Waals surface area (Å²) in [5, 5.41) is 4.39. The lowest BCUT2D eigenvalue weighted by Gasteiger charge is -2.30. The van der Waals surface area contributed by atoms with Gasteiger partial charge in [0.25, 0.3) is 0 Å². The fraction of sp³-hybridized carbons (Fsp3) is 0.368. The van der Waals surface area contributed by atoms with Gasteiger partial charge in [-0.2, -0.15) is 0 Å². The van der Waals surface area contributed by atoms with E-state index in [0.717, 1.165) is 35.8 Å². The number of quaternary nitrogens is 1. The molecule has 122 valence electrons. The summed E-state index contributed by atoms with van der Waals surface area (Å²) < 4.78 is 5.46. The van der Waals surface area contributed by atoms with Gasteiger partial charge in [0.1, 0.15) is 12.3 Å². The van der Waals surface area contributed by atoms with Crippen molar-refractivity contribution in [3.05, 3.63) is 59.1 Å². The van der Waals surface area contributed by atoms with E-state index < -0.39 is 0 Å². The molecule has 0 spiro atoms. The van der Waals surface area contributed by atoms with Crippen LogP contribution in [0.15, 0.2) is 48.5 Å². The summed E-state index contributed by atoms with van der Waals surface area (Å²) in [6, 6.07) is 16.8. The van der Waals surface area contributed by atoms with E-state index in [9.17, 15) is 0 Å². The lowest BCUT2D eigenvalue weighted by Crippen LogP contribution is -3.12. The summed E-state index contributed by atoms with van der Waals surface area (Å²) in [4.78, 5) is 1.62. The van der Waals surface area contributed by atoms with Crippen LogP contribution in [-0.4, -0.2) is 26.2 Å². The first kappa shape index (κ1) is 16.2. The SMILES string of the molecule is COc1ccccc1C[NH+]1CCC(Nc2ccccc2Cl)CC1. The molecular weight excluding hydrogens is 308 g/mol. The van der Waals surface area contributed by atoms with Gasteiger partial charge < -0.3 is 15.0 Å². The van der Waals surface area contributed by atoms with Crippen LogP contribution in [0.25, 0.3) is 0 Å². The lowest BCUT2D eigenvalue weighted by molar-refractivity contribution is -0.918. The van der Waals surface area contributed by atoms with Crippen molar-refractivity contribution in [1.29, 1.82) is 0 Å². The van der Waals surface area contributed by atoms with Gasteiger partial charge in [-0.05, 0) is 24.3 Å². The summed E-state index contributed by atoms with van der Waals surface area (Å²) >= 11 is 6.23. The van der Waals surface area contributed by atoms with E-state index in [1.165, 1.54) is 18.7 Å². The maximum atomic E-state index is 6.23. The zero-order valence-electron chi connectivity index (χ0n) is 13.5. The number of piperidine rings is 1. The van der Waals surface area contributed by atoms with Crippen LogP contribution in [0.3, 0.4) is 0 Å². The molecule has 0 saturated carbocycles. The van der Waals surface area contributed by atoms with E-state index in [1.807, 2.05) is 30.3 Å². The second kappa shape index (κ2) is 7.71. The van der Waals surface area contributed by atoms with Crippen molar-refractivity contribution >= 4 is 17.3 Å². The zero-order valence-corrected chi connectivity index (χ0v) is 14.3. The second-order valence-corrected chi connectivity index (χ2v) is 6.54. The van der Waals surface area contributed by atoms with E-state index in [2.05, 4.69) is 23.5 Å². The van der Waals surface area contributed by atoms with Crippen molar-refractivity contribution < 1.29 is 9.64 Å². The van der Waals surface area contributed by atoms with Crippen molar-refractivity contribution in [3.8, 4) is 5.75 Å². The van der Waals surface area contributed by atoms with Crippen molar-refractivity contribution in [1.82, 2.24) is 0 Å². The van der Waals surface area contributed by atoms with Crippen LogP contribution in [0.4, 0.5) is 5.69 Å². The lowest BCUT2D eigenvalue weighted by atomic mass is 10.0. The Hall–Kier alpha value is -1.71. The number of rotatable bonds is 5. The fourth-order valence-electron chi connectivity index (χ4n) is 3.26. The van der Waals surface area contributed by atoms with Gasteiger partial charge in [-0.15, -0.1) is 0 Å². The number of ether oxygens (including phenoxy) is 1. The van der Waals surface area contributed by atoms with Gasteiger partial charge in [0, 0.05) is 24.4 Å². The number of halogens is 1. The van der Waals surface area contributed by atoms with Gasteiger partial charge in [-0.1, -0.05) is 35.9 Å². The number of para-hydroxylation sites is 2. The van der Waals surface area contributed by atoms with Gasteiger partial charge in [-0.3, -0.25) is 0 Å².